The van der Waals surface area contributed by atoms with E-state index in [1.165, 1.54) is 0 Å². The zero-order valence-electron chi connectivity index (χ0n) is 13.8. The molecule has 1 atom stereocenters. The standard InChI is InChI=1S/C18H18N4O2S/c1-22(11-17-21-14-4-2-3-5-15(14)25-17)10-16(23)20-13-8-6-12(7-9-13)18(19)24/h2-9H,10-11H2,1H3,(H2,19,24)(H,20,23)/p+1. The molecule has 1 heterocycles. The first-order chi connectivity index (χ1) is 12.0. The molecule has 0 aliphatic carbocycles. The minimum Gasteiger partial charge on any atom is -0.366 e. The van der Waals surface area contributed by atoms with Gasteiger partial charge in [-0.1, -0.05) is 12.1 Å². The highest BCUT2D eigenvalue weighted by atomic mass is 32.1. The number of nitrogens with two attached hydrogens (primary N) is 1. The Morgan fingerprint density at radius 3 is 2.56 bits per heavy atom. The van der Waals surface area contributed by atoms with E-state index in [-0.39, 0.29) is 5.91 Å². The fourth-order valence-corrected chi connectivity index (χ4v) is 3.59. The van der Waals surface area contributed by atoms with Gasteiger partial charge in [-0.15, -0.1) is 11.3 Å². The van der Waals surface area contributed by atoms with Crippen molar-refractivity contribution in [3.8, 4) is 0 Å². The monoisotopic (exact) mass is 355 g/mol. The maximum atomic E-state index is 12.2. The fourth-order valence-electron chi connectivity index (χ4n) is 2.51. The highest BCUT2D eigenvalue weighted by Crippen LogP contribution is 2.20. The summed E-state index contributed by atoms with van der Waals surface area (Å²) in [5, 5.41) is 3.83. The van der Waals surface area contributed by atoms with E-state index < -0.39 is 5.91 Å². The third-order valence-corrected chi connectivity index (χ3v) is 4.74. The van der Waals surface area contributed by atoms with Crippen molar-refractivity contribution in [1.82, 2.24) is 4.98 Å². The average molecular weight is 355 g/mol. The normalized spacial score (nSPS) is 12.0. The molecule has 1 aromatic heterocycles. The highest BCUT2D eigenvalue weighted by Gasteiger charge is 2.13. The third kappa shape index (κ3) is 4.40. The van der Waals surface area contributed by atoms with Gasteiger partial charge >= 0.3 is 0 Å². The molecule has 6 nitrogen and oxygen atoms in total. The molecule has 1 unspecified atom stereocenters. The number of rotatable bonds is 6. The molecule has 0 radical (unpaired) electrons. The van der Waals surface area contributed by atoms with Crippen LogP contribution >= 0.6 is 11.3 Å². The number of quaternary nitrogens is 1. The first kappa shape index (κ1) is 17.1. The second-order valence-electron chi connectivity index (χ2n) is 5.88. The molecular weight excluding hydrogens is 336 g/mol. The molecule has 128 valence electrons. The fraction of sp³-hybridized carbons (Fsp3) is 0.167. The molecule has 25 heavy (non-hydrogen) atoms. The maximum absolute atomic E-state index is 12.2. The van der Waals surface area contributed by atoms with Crippen molar-refractivity contribution in [1.29, 1.82) is 0 Å². The lowest BCUT2D eigenvalue weighted by atomic mass is 10.2. The number of amides is 2. The maximum Gasteiger partial charge on any atom is 0.279 e. The zero-order chi connectivity index (χ0) is 17.8. The van der Waals surface area contributed by atoms with Crippen molar-refractivity contribution >= 4 is 39.1 Å². The van der Waals surface area contributed by atoms with Crippen LogP contribution in [0.25, 0.3) is 10.2 Å². The van der Waals surface area contributed by atoms with E-state index in [1.807, 2.05) is 31.3 Å². The van der Waals surface area contributed by atoms with Crippen LogP contribution in [0.3, 0.4) is 0 Å². The zero-order valence-corrected chi connectivity index (χ0v) is 14.6. The van der Waals surface area contributed by atoms with Gasteiger partial charge in [-0.05, 0) is 36.4 Å². The summed E-state index contributed by atoms with van der Waals surface area (Å²) in [6.07, 6.45) is 0. The Morgan fingerprint density at radius 1 is 1.16 bits per heavy atom. The number of nitrogens with one attached hydrogen (secondary N) is 2. The molecule has 0 aliphatic rings. The van der Waals surface area contributed by atoms with Gasteiger partial charge in [0.05, 0.1) is 17.3 Å². The van der Waals surface area contributed by atoms with Gasteiger partial charge < -0.3 is 16.0 Å². The number of carbonyl (C=O) groups excluding carboxylic acids is 2. The van der Waals surface area contributed by atoms with Gasteiger partial charge in [0.25, 0.3) is 5.91 Å². The molecule has 0 spiro atoms. The van der Waals surface area contributed by atoms with Crippen LogP contribution in [0.2, 0.25) is 0 Å². The summed E-state index contributed by atoms with van der Waals surface area (Å²) in [7, 11) is 1.96. The predicted molar refractivity (Wildman–Crippen MR) is 98.7 cm³/mol. The summed E-state index contributed by atoms with van der Waals surface area (Å²) >= 11 is 1.65. The van der Waals surface area contributed by atoms with Crippen molar-refractivity contribution in [3.05, 3.63) is 59.1 Å². The Balaban J connectivity index is 1.55. The average Bonchev–Trinajstić information content (AvgIpc) is 2.97. The number of primary amides is 1. The number of anilines is 1. The minimum atomic E-state index is -0.488. The van der Waals surface area contributed by atoms with Crippen molar-refractivity contribution in [2.24, 2.45) is 5.73 Å². The first-order valence-corrected chi connectivity index (χ1v) is 8.68. The van der Waals surface area contributed by atoms with Gasteiger partial charge in [0.1, 0.15) is 11.6 Å². The smallest absolute Gasteiger partial charge is 0.279 e. The molecule has 3 aromatic rings. The molecule has 0 saturated carbocycles. The summed E-state index contributed by atoms with van der Waals surface area (Å²) in [5.74, 6) is -0.580. The Labute approximate surface area is 149 Å². The van der Waals surface area contributed by atoms with Gasteiger partial charge in [-0.25, -0.2) is 4.98 Å². The van der Waals surface area contributed by atoms with E-state index in [9.17, 15) is 9.59 Å². The van der Waals surface area contributed by atoms with E-state index in [2.05, 4.69) is 10.3 Å². The number of carbonyl (C=O) groups is 2. The van der Waals surface area contributed by atoms with E-state index in [4.69, 9.17) is 5.73 Å². The SMILES string of the molecule is C[NH+](CC(=O)Nc1ccc(C(N)=O)cc1)Cc1nc2ccccc2s1. The highest BCUT2D eigenvalue weighted by molar-refractivity contribution is 7.18. The number of benzene rings is 2. The quantitative estimate of drug-likeness (QED) is 0.617. The van der Waals surface area contributed by atoms with Crippen LogP contribution < -0.4 is 16.0 Å². The van der Waals surface area contributed by atoms with Crippen LogP contribution in [0.5, 0.6) is 0 Å². The summed E-state index contributed by atoms with van der Waals surface area (Å²) in [4.78, 5) is 28.8. The van der Waals surface area contributed by atoms with Crippen LogP contribution in [-0.2, 0) is 11.3 Å². The van der Waals surface area contributed by atoms with Crippen LogP contribution in [0.4, 0.5) is 5.69 Å². The van der Waals surface area contributed by atoms with Crippen LogP contribution in [0, 0.1) is 0 Å². The largest absolute Gasteiger partial charge is 0.366 e. The predicted octanol–water partition coefficient (Wildman–Crippen LogP) is 1.05. The molecule has 7 heteroatoms. The second-order valence-corrected chi connectivity index (χ2v) is 6.99. The molecule has 0 saturated heterocycles. The Morgan fingerprint density at radius 2 is 1.88 bits per heavy atom. The van der Waals surface area contributed by atoms with Gasteiger partial charge in [0.2, 0.25) is 5.91 Å². The Kier molecular flexibility index (Phi) is 5.06. The van der Waals surface area contributed by atoms with Crippen LogP contribution in [-0.4, -0.2) is 30.4 Å². The molecule has 2 aromatic carbocycles. The Hall–Kier alpha value is -2.77. The number of hydrogen-bond acceptors (Lipinski definition) is 4. The molecule has 4 N–H and O–H groups in total. The van der Waals surface area contributed by atoms with E-state index in [0.29, 0.717) is 24.3 Å². The third-order valence-electron chi connectivity index (χ3n) is 3.71. The summed E-state index contributed by atoms with van der Waals surface area (Å²) in [6.45, 7) is 1.01. The minimum absolute atomic E-state index is 0.0922. The van der Waals surface area contributed by atoms with E-state index >= 15 is 0 Å². The van der Waals surface area contributed by atoms with Crippen molar-refractivity contribution < 1.29 is 14.5 Å². The molecular formula is C18H19N4O2S+. The van der Waals surface area contributed by atoms with Gasteiger partial charge in [-0.3, -0.25) is 9.59 Å². The second kappa shape index (κ2) is 7.42. The number of thiazole rings is 1. The first-order valence-electron chi connectivity index (χ1n) is 7.87. The molecule has 0 bridgehead atoms. The number of para-hydroxylation sites is 1. The van der Waals surface area contributed by atoms with Crippen molar-refractivity contribution in [3.63, 3.8) is 0 Å². The lowest BCUT2D eigenvalue weighted by molar-refractivity contribution is -0.885. The van der Waals surface area contributed by atoms with E-state index in [0.717, 1.165) is 20.1 Å². The van der Waals surface area contributed by atoms with Crippen LogP contribution in [0.15, 0.2) is 48.5 Å². The van der Waals surface area contributed by atoms with Gasteiger partial charge in [-0.2, -0.15) is 0 Å². The topological polar surface area (TPSA) is 89.5 Å². The number of fused-ring (bicyclic) bond motifs is 1. The lowest BCUT2D eigenvalue weighted by Crippen LogP contribution is -3.08. The Bertz CT molecular complexity index is 872. The number of aromatic nitrogens is 1. The lowest BCUT2D eigenvalue weighted by Gasteiger charge is -2.12. The van der Waals surface area contributed by atoms with Gasteiger partial charge in [0.15, 0.2) is 6.54 Å². The number of likely N-dealkylation sites (N-methyl/N-ethyl adjacent to an activating group) is 1. The number of nitrogens with zero attached hydrogens (tertiary/aromatic N) is 1. The summed E-state index contributed by atoms with van der Waals surface area (Å²) in [6, 6.07) is 14.5. The number of hydrogen-bond donors (Lipinski definition) is 3. The van der Waals surface area contributed by atoms with Crippen molar-refractivity contribution in [2.45, 2.75) is 6.54 Å². The van der Waals surface area contributed by atoms with Crippen molar-refractivity contribution in [2.75, 3.05) is 18.9 Å². The molecule has 2 amide bonds. The molecule has 0 aliphatic heterocycles. The van der Waals surface area contributed by atoms with E-state index in [1.54, 1.807) is 35.6 Å². The van der Waals surface area contributed by atoms with Crippen LogP contribution in [0.1, 0.15) is 15.4 Å². The molecule has 3 rings (SSSR count). The van der Waals surface area contributed by atoms with Gasteiger partial charge in [0, 0.05) is 11.3 Å². The summed E-state index contributed by atoms with van der Waals surface area (Å²) < 4.78 is 1.16. The summed E-state index contributed by atoms with van der Waals surface area (Å²) in [5.41, 5.74) is 7.25. The molecule has 0 fully saturated rings.